The van der Waals surface area contributed by atoms with Crippen LogP contribution in [0.25, 0.3) is 11.1 Å². The van der Waals surface area contributed by atoms with Gasteiger partial charge in [-0.2, -0.15) is 0 Å². The molecule has 0 atom stereocenters. The number of H-pyrrole nitrogens is 1. The second-order valence-corrected chi connectivity index (χ2v) is 12.4. The van der Waals surface area contributed by atoms with Crippen molar-refractivity contribution in [1.82, 2.24) is 20.2 Å². The van der Waals surface area contributed by atoms with Crippen LogP contribution in [0.4, 0.5) is 16.3 Å². The molecule has 1 aromatic carbocycles. The van der Waals surface area contributed by atoms with Gasteiger partial charge in [0.15, 0.2) is 0 Å². The molecule has 2 fully saturated rings. The molecule has 232 valence electrons. The lowest BCUT2D eigenvalue weighted by molar-refractivity contribution is 0.0950. The van der Waals surface area contributed by atoms with Gasteiger partial charge < -0.3 is 30.1 Å². The highest BCUT2D eigenvalue weighted by Crippen LogP contribution is 2.38. The summed E-state index contributed by atoms with van der Waals surface area (Å²) >= 11 is 0. The van der Waals surface area contributed by atoms with Gasteiger partial charge in [0, 0.05) is 80.1 Å². The molecule has 2 aliphatic heterocycles. The van der Waals surface area contributed by atoms with Crippen molar-refractivity contribution in [3.05, 3.63) is 74.8 Å². The minimum Gasteiger partial charge on any atom is -0.465 e. The zero-order valence-corrected chi connectivity index (χ0v) is 25.7. The van der Waals surface area contributed by atoms with Crippen LogP contribution in [-0.4, -0.2) is 71.2 Å². The summed E-state index contributed by atoms with van der Waals surface area (Å²) in [6, 6.07) is 10.2. The standard InChI is InChI=1S/C34H42N6O4/c1-3-5-24-16-22(2)37-33(42)29(24)20-36-32(41)28-17-26(18-30-27(28)10-11-40(30)21-23-6-4-7-23)25-8-9-31(35-19-25)38-12-14-39(15-13-38)34(43)44/h8-9,16-19,23H,3-7,10-15,20-21H2,1-2H3,(H,36,41)(H,37,42)(H,43,44). The number of hydrogen-bond donors (Lipinski definition) is 3. The number of aromatic nitrogens is 2. The Hall–Kier alpha value is -4.34. The molecule has 3 aromatic rings. The summed E-state index contributed by atoms with van der Waals surface area (Å²) in [5, 5.41) is 12.3. The Morgan fingerprint density at radius 2 is 1.86 bits per heavy atom. The fourth-order valence-corrected chi connectivity index (χ4v) is 6.72. The SMILES string of the molecule is CCCc1cc(C)[nH]c(=O)c1CNC(=O)c1cc(-c2ccc(N3CCN(C(=O)O)CC3)nc2)cc2c1CCN2CC1CCC1. The molecule has 6 rings (SSSR count). The molecule has 1 saturated carbocycles. The smallest absolute Gasteiger partial charge is 0.407 e. The Kier molecular flexibility index (Phi) is 8.59. The van der Waals surface area contributed by atoms with Gasteiger partial charge in [0.1, 0.15) is 5.82 Å². The van der Waals surface area contributed by atoms with Gasteiger partial charge in [0.05, 0.1) is 0 Å². The van der Waals surface area contributed by atoms with Crippen molar-refractivity contribution in [3.8, 4) is 11.1 Å². The van der Waals surface area contributed by atoms with E-state index in [4.69, 9.17) is 4.98 Å². The molecule has 44 heavy (non-hydrogen) atoms. The van der Waals surface area contributed by atoms with E-state index in [-0.39, 0.29) is 18.0 Å². The van der Waals surface area contributed by atoms with Crippen LogP contribution in [0.15, 0.2) is 41.3 Å². The lowest BCUT2D eigenvalue weighted by atomic mass is 9.85. The number of nitrogens with one attached hydrogen (secondary N) is 2. The van der Waals surface area contributed by atoms with E-state index >= 15 is 0 Å². The molecule has 0 unspecified atom stereocenters. The Balaban J connectivity index is 1.27. The van der Waals surface area contributed by atoms with Gasteiger partial charge in [-0.15, -0.1) is 0 Å². The molecule has 3 N–H and O–H groups in total. The van der Waals surface area contributed by atoms with Crippen molar-refractivity contribution in [1.29, 1.82) is 0 Å². The molecule has 0 spiro atoms. The Morgan fingerprint density at radius 1 is 1.07 bits per heavy atom. The van der Waals surface area contributed by atoms with Gasteiger partial charge >= 0.3 is 6.09 Å². The van der Waals surface area contributed by atoms with E-state index in [2.05, 4.69) is 33.1 Å². The first-order chi connectivity index (χ1) is 21.3. The van der Waals surface area contributed by atoms with Crippen LogP contribution in [0.1, 0.15) is 65.3 Å². The number of aryl methyl sites for hydroxylation is 2. The predicted molar refractivity (Wildman–Crippen MR) is 172 cm³/mol. The highest BCUT2D eigenvalue weighted by molar-refractivity contribution is 5.99. The van der Waals surface area contributed by atoms with Gasteiger partial charge in [0.2, 0.25) is 0 Å². The van der Waals surface area contributed by atoms with Gasteiger partial charge in [-0.1, -0.05) is 19.8 Å². The topological polar surface area (TPSA) is 122 Å². The summed E-state index contributed by atoms with van der Waals surface area (Å²) in [7, 11) is 0. The monoisotopic (exact) mass is 598 g/mol. The molecule has 0 bridgehead atoms. The first-order valence-electron chi connectivity index (χ1n) is 15.9. The number of piperazine rings is 1. The van der Waals surface area contributed by atoms with Crippen molar-refractivity contribution in [2.45, 2.75) is 58.9 Å². The molecule has 1 aliphatic carbocycles. The van der Waals surface area contributed by atoms with Gasteiger partial charge in [-0.25, -0.2) is 9.78 Å². The molecule has 4 heterocycles. The minimum atomic E-state index is -0.886. The van der Waals surface area contributed by atoms with Crippen LogP contribution in [0, 0.1) is 12.8 Å². The fraction of sp³-hybridized carbons (Fsp3) is 0.471. The number of pyridine rings is 2. The Labute approximate surface area is 258 Å². The number of nitrogens with zero attached hydrogens (tertiary/aromatic N) is 4. The van der Waals surface area contributed by atoms with Crippen LogP contribution in [0.2, 0.25) is 0 Å². The summed E-state index contributed by atoms with van der Waals surface area (Å²) in [5.41, 5.74) is 6.98. The first-order valence-corrected chi connectivity index (χ1v) is 15.9. The second-order valence-electron chi connectivity index (χ2n) is 12.4. The summed E-state index contributed by atoms with van der Waals surface area (Å²) in [4.78, 5) is 51.5. The van der Waals surface area contributed by atoms with E-state index in [1.165, 1.54) is 24.2 Å². The number of anilines is 2. The third kappa shape index (κ3) is 6.16. The summed E-state index contributed by atoms with van der Waals surface area (Å²) in [6.07, 6.45) is 7.29. The molecule has 3 aliphatic rings. The number of rotatable bonds is 9. The molecule has 2 amide bonds. The van der Waals surface area contributed by atoms with Gasteiger partial charge in [0.25, 0.3) is 11.5 Å². The Bertz CT molecular complexity index is 1590. The van der Waals surface area contributed by atoms with E-state index in [1.807, 2.05) is 37.4 Å². The maximum atomic E-state index is 13.8. The average molecular weight is 599 g/mol. The third-order valence-corrected chi connectivity index (χ3v) is 9.41. The van der Waals surface area contributed by atoms with Crippen molar-refractivity contribution in [2.75, 3.05) is 49.1 Å². The number of amides is 2. The largest absolute Gasteiger partial charge is 0.465 e. The normalized spacial score (nSPS) is 16.5. The number of aromatic amines is 1. The average Bonchev–Trinajstić information content (AvgIpc) is 3.41. The number of benzene rings is 1. The molecule has 2 aromatic heterocycles. The van der Waals surface area contributed by atoms with E-state index in [1.54, 1.807) is 0 Å². The van der Waals surface area contributed by atoms with Crippen molar-refractivity contribution < 1.29 is 14.7 Å². The maximum absolute atomic E-state index is 13.8. The van der Waals surface area contributed by atoms with Crippen molar-refractivity contribution in [2.24, 2.45) is 5.92 Å². The van der Waals surface area contributed by atoms with E-state index in [0.29, 0.717) is 43.2 Å². The van der Waals surface area contributed by atoms with Crippen molar-refractivity contribution in [3.63, 3.8) is 0 Å². The van der Waals surface area contributed by atoms with Crippen LogP contribution in [0.3, 0.4) is 0 Å². The number of carboxylic acid groups (broad SMARTS) is 1. The molecule has 1 saturated heterocycles. The molecular formula is C34H42N6O4. The van der Waals surface area contributed by atoms with Crippen LogP contribution < -0.4 is 20.7 Å². The number of hydrogen-bond acceptors (Lipinski definition) is 6. The molecule has 0 radical (unpaired) electrons. The zero-order chi connectivity index (χ0) is 30.8. The quantitative estimate of drug-likeness (QED) is 0.329. The zero-order valence-electron chi connectivity index (χ0n) is 25.7. The second kappa shape index (κ2) is 12.7. The van der Waals surface area contributed by atoms with E-state index in [9.17, 15) is 19.5 Å². The number of fused-ring (bicyclic) bond motifs is 1. The summed E-state index contributed by atoms with van der Waals surface area (Å²) in [6.45, 7) is 8.16. The van der Waals surface area contributed by atoms with Crippen LogP contribution >= 0.6 is 0 Å². The molecule has 10 heteroatoms. The molecular weight excluding hydrogens is 556 g/mol. The lowest BCUT2D eigenvalue weighted by Gasteiger charge is -2.33. The lowest BCUT2D eigenvalue weighted by Crippen LogP contribution is -2.48. The summed E-state index contributed by atoms with van der Waals surface area (Å²) in [5.74, 6) is 1.35. The van der Waals surface area contributed by atoms with E-state index in [0.717, 1.165) is 71.8 Å². The Morgan fingerprint density at radius 3 is 2.52 bits per heavy atom. The van der Waals surface area contributed by atoms with Gasteiger partial charge in [-0.05, 0) is 85.5 Å². The van der Waals surface area contributed by atoms with Crippen molar-refractivity contribution >= 4 is 23.5 Å². The first kappa shape index (κ1) is 29.7. The number of carbonyl (C=O) groups is 2. The minimum absolute atomic E-state index is 0.144. The molecule has 10 nitrogen and oxygen atoms in total. The number of carbonyl (C=O) groups excluding carboxylic acids is 1. The highest BCUT2D eigenvalue weighted by atomic mass is 16.4. The highest BCUT2D eigenvalue weighted by Gasteiger charge is 2.29. The van der Waals surface area contributed by atoms with Crippen LogP contribution in [0.5, 0.6) is 0 Å². The fourth-order valence-electron chi connectivity index (χ4n) is 6.72. The predicted octanol–water partition coefficient (Wildman–Crippen LogP) is 4.59. The summed E-state index contributed by atoms with van der Waals surface area (Å²) < 4.78 is 0. The third-order valence-electron chi connectivity index (χ3n) is 9.41. The van der Waals surface area contributed by atoms with Gasteiger partial charge in [-0.3, -0.25) is 9.59 Å². The maximum Gasteiger partial charge on any atom is 0.407 e. The van der Waals surface area contributed by atoms with Crippen LogP contribution in [-0.2, 0) is 19.4 Å². The van der Waals surface area contributed by atoms with E-state index < -0.39 is 6.09 Å².